The van der Waals surface area contributed by atoms with E-state index in [0.29, 0.717) is 10.8 Å². The Labute approximate surface area is 194 Å². The fraction of sp³-hybridized carbons (Fsp3) is 0.238. The van der Waals surface area contributed by atoms with E-state index in [1.54, 1.807) is 6.07 Å². The molecule has 31 heavy (non-hydrogen) atoms. The molecule has 0 aliphatic carbocycles. The number of carbonyl (C=O) groups excluding carboxylic acids is 1. The number of carbonyl (C=O) groups is 1. The van der Waals surface area contributed by atoms with E-state index in [1.165, 1.54) is 39.5 Å². The molecule has 1 saturated heterocycles. The first-order chi connectivity index (χ1) is 14.9. The van der Waals surface area contributed by atoms with E-state index in [9.17, 15) is 13.2 Å². The van der Waals surface area contributed by atoms with Crippen molar-refractivity contribution >= 4 is 50.6 Å². The summed E-state index contributed by atoms with van der Waals surface area (Å²) in [5.74, 6) is 0.290. The number of amides is 1. The summed E-state index contributed by atoms with van der Waals surface area (Å²) in [6, 6.07) is 13.7. The van der Waals surface area contributed by atoms with Crippen LogP contribution in [0.2, 0.25) is 5.02 Å². The van der Waals surface area contributed by atoms with Crippen LogP contribution in [0.25, 0.3) is 10.6 Å². The van der Waals surface area contributed by atoms with Gasteiger partial charge in [0.05, 0.1) is 23.0 Å². The Morgan fingerprint density at radius 2 is 2.03 bits per heavy atom. The van der Waals surface area contributed by atoms with E-state index >= 15 is 0 Å². The third kappa shape index (κ3) is 4.80. The molecule has 10 heteroatoms. The lowest BCUT2D eigenvalue weighted by atomic mass is 10.2. The van der Waals surface area contributed by atoms with Gasteiger partial charge in [-0.1, -0.05) is 48.0 Å². The molecule has 1 atom stereocenters. The van der Waals surface area contributed by atoms with Crippen LogP contribution in [0.4, 0.5) is 0 Å². The maximum atomic E-state index is 13.1. The zero-order chi connectivity index (χ0) is 22.0. The fourth-order valence-electron chi connectivity index (χ4n) is 3.14. The topological polar surface area (TPSA) is 79.4 Å². The summed E-state index contributed by atoms with van der Waals surface area (Å²) < 4.78 is 27.5. The molecule has 3 aromatic rings. The number of hydrogen-bond acceptors (Lipinski definition) is 6. The molecular weight excluding hydrogens is 474 g/mol. The molecule has 6 nitrogen and oxygen atoms in total. The van der Waals surface area contributed by atoms with Crippen LogP contribution in [-0.4, -0.2) is 41.3 Å². The number of aryl methyl sites for hydroxylation is 1. The number of rotatable bonds is 6. The SMILES string of the molecule is Cc1ccc(S(=O)(=O)N2CSCC2C(=O)NCc2csc(-c3ccccc3)n2)cc1Cl. The van der Waals surface area contributed by atoms with Crippen molar-refractivity contribution in [2.45, 2.75) is 24.4 Å². The molecule has 1 N–H and O–H groups in total. The van der Waals surface area contributed by atoms with Gasteiger partial charge in [0.2, 0.25) is 15.9 Å². The Hall–Kier alpha value is -1.91. The minimum absolute atomic E-state index is 0.0930. The highest BCUT2D eigenvalue weighted by Crippen LogP contribution is 2.30. The standard InChI is InChI=1S/C21H20ClN3O3S3/c1-14-7-8-17(9-18(14)22)31(27,28)25-13-29-12-19(25)20(26)23-10-16-11-30-21(24-16)15-5-3-2-4-6-15/h2-9,11,19H,10,12-13H2,1H3,(H,23,26). The van der Waals surface area contributed by atoms with Gasteiger partial charge in [-0.15, -0.1) is 23.1 Å². The van der Waals surface area contributed by atoms with E-state index in [1.807, 2.05) is 42.6 Å². The Bertz CT molecular complexity index is 1200. The Morgan fingerprint density at radius 1 is 1.26 bits per heavy atom. The molecule has 2 aromatic carbocycles. The summed E-state index contributed by atoms with van der Waals surface area (Å²) >= 11 is 9.03. The lowest BCUT2D eigenvalue weighted by Gasteiger charge is -2.22. The zero-order valence-electron chi connectivity index (χ0n) is 16.6. The van der Waals surface area contributed by atoms with Crippen LogP contribution in [0.3, 0.4) is 0 Å². The number of benzene rings is 2. The third-order valence-electron chi connectivity index (χ3n) is 4.91. The van der Waals surface area contributed by atoms with Gasteiger partial charge in [0, 0.05) is 21.7 Å². The van der Waals surface area contributed by atoms with Crippen molar-refractivity contribution in [3.63, 3.8) is 0 Å². The maximum Gasteiger partial charge on any atom is 0.244 e. The normalized spacial score (nSPS) is 17.0. The van der Waals surface area contributed by atoms with Crippen molar-refractivity contribution in [1.29, 1.82) is 0 Å². The van der Waals surface area contributed by atoms with Crippen LogP contribution >= 0.6 is 34.7 Å². The largest absolute Gasteiger partial charge is 0.349 e. The molecule has 2 heterocycles. The zero-order valence-corrected chi connectivity index (χ0v) is 19.8. The summed E-state index contributed by atoms with van der Waals surface area (Å²) in [5, 5.41) is 5.99. The Morgan fingerprint density at radius 3 is 2.77 bits per heavy atom. The first kappa shape index (κ1) is 22.3. The number of hydrogen-bond donors (Lipinski definition) is 1. The number of sulfonamides is 1. The Kier molecular flexibility index (Phi) is 6.68. The van der Waals surface area contributed by atoms with Crippen molar-refractivity contribution in [3.05, 3.63) is 70.2 Å². The average molecular weight is 494 g/mol. The van der Waals surface area contributed by atoms with Crippen molar-refractivity contribution in [1.82, 2.24) is 14.6 Å². The van der Waals surface area contributed by atoms with Crippen molar-refractivity contribution in [3.8, 4) is 10.6 Å². The molecule has 1 fully saturated rings. The van der Waals surface area contributed by atoms with Gasteiger partial charge in [-0.05, 0) is 24.6 Å². The second-order valence-corrected chi connectivity index (χ2v) is 11.2. The first-order valence-corrected chi connectivity index (χ1v) is 13.3. The number of thioether (sulfide) groups is 1. The van der Waals surface area contributed by atoms with Gasteiger partial charge < -0.3 is 5.32 Å². The third-order valence-corrected chi connectivity index (χ3v) is 9.28. The summed E-state index contributed by atoms with van der Waals surface area (Å²) in [7, 11) is -3.83. The molecule has 1 unspecified atom stereocenters. The maximum absolute atomic E-state index is 13.1. The van der Waals surface area contributed by atoms with Gasteiger partial charge in [0.25, 0.3) is 0 Å². The highest BCUT2D eigenvalue weighted by Gasteiger charge is 2.40. The molecule has 1 aromatic heterocycles. The highest BCUT2D eigenvalue weighted by atomic mass is 35.5. The molecule has 4 rings (SSSR count). The number of nitrogens with one attached hydrogen (secondary N) is 1. The molecule has 162 valence electrons. The summed E-state index contributed by atoms with van der Waals surface area (Å²) in [6.07, 6.45) is 0. The minimum Gasteiger partial charge on any atom is -0.349 e. The van der Waals surface area contributed by atoms with Gasteiger partial charge in [0.1, 0.15) is 11.0 Å². The molecule has 0 saturated carbocycles. The highest BCUT2D eigenvalue weighted by molar-refractivity contribution is 8.00. The fourth-order valence-corrected chi connectivity index (χ4v) is 7.38. The average Bonchev–Trinajstić information content (AvgIpc) is 3.45. The van der Waals surface area contributed by atoms with Gasteiger partial charge in [0.15, 0.2) is 0 Å². The molecule has 1 aliphatic heterocycles. The van der Waals surface area contributed by atoms with Crippen LogP contribution in [0.5, 0.6) is 0 Å². The number of thiazole rings is 1. The van der Waals surface area contributed by atoms with Gasteiger partial charge in [-0.25, -0.2) is 13.4 Å². The van der Waals surface area contributed by atoms with Crippen LogP contribution in [0.1, 0.15) is 11.3 Å². The van der Waals surface area contributed by atoms with Crippen LogP contribution in [-0.2, 0) is 21.4 Å². The van der Waals surface area contributed by atoms with E-state index in [4.69, 9.17) is 11.6 Å². The summed E-state index contributed by atoms with van der Waals surface area (Å²) in [6.45, 7) is 2.05. The molecule has 0 spiro atoms. The first-order valence-electron chi connectivity index (χ1n) is 9.49. The number of nitrogens with zero attached hydrogens (tertiary/aromatic N) is 2. The van der Waals surface area contributed by atoms with Gasteiger partial charge in [-0.3, -0.25) is 4.79 Å². The number of aromatic nitrogens is 1. The van der Waals surface area contributed by atoms with E-state index in [-0.39, 0.29) is 23.2 Å². The van der Waals surface area contributed by atoms with Gasteiger partial charge in [-0.2, -0.15) is 4.31 Å². The predicted molar refractivity (Wildman–Crippen MR) is 126 cm³/mol. The van der Waals surface area contributed by atoms with Crippen LogP contribution in [0, 0.1) is 6.92 Å². The van der Waals surface area contributed by atoms with Crippen LogP contribution < -0.4 is 5.32 Å². The summed E-state index contributed by atoms with van der Waals surface area (Å²) in [5.41, 5.74) is 2.55. The molecule has 1 aliphatic rings. The molecule has 1 amide bonds. The molecule has 0 radical (unpaired) electrons. The monoisotopic (exact) mass is 493 g/mol. The van der Waals surface area contributed by atoms with Crippen molar-refractivity contribution < 1.29 is 13.2 Å². The van der Waals surface area contributed by atoms with Crippen molar-refractivity contribution in [2.75, 3.05) is 11.6 Å². The molecular formula is C21H20ClN3O3S3. The minimum atomic E-state index is -3.83. The van der Waals surface area contributed by atoms with Crippen molar-refractivity contribution in [2.24, 2.45) is 0 Å². The number of halogens is 1. The second kappa shape index (κ2) is 9.30. The van der Waals surface area contributed by atoms with E-state index in [0.717, 1.165) is 21.8 Å². The smallest absolute Gasteiger partial charge is 0.244 e. The van der Waals surface area contributed by atoms with E-state index in [2.05, 4.69) is 10.3 Å². The Balaban J connectivity index is 1.44. The second-order valence-electron chi connectivity index (χ2n) is 7.05. The predicted octanol–water partition coefficient (Wildman–Crippen LogP) is 4.15. The summed E-state index contributed by atoms with van der Waals surface area (Å²) in [4.78, 5) is 17.5. The van der Waals surface area contributed by atoms with Gasteiger partial charge >= 0.3 is 0 Å². The lowest BCUT2D eigenvalue weighted by molar-refractivity contribution is -0.124. The van der Waals surface area contributed by atoms with E-state index < -0.39 is 16.1 Å². The van der Waals surface area contributed by atoms with Crippen LogP contribution in [0.15, 0.2) is 58.8 Å². The quantitative estimate of drug-likeness (QED) is 0.558. The molecule has 0 bridgehead atoms. The lowest BCUT2D eigenvalue weighted by Crippen LogP contribution is -2.47.